The summed E-state index contributed by atoms with van der Waals surface area (Å²) in [5.41, 5.74) is 5.89. The van der Waals surface area contributed by atoms with E-state index in [1.165, 1.54) is 0 Å². The van der Waals surface area contributed by atoms with Gasteiger partial charge in [0.05, 0.1) is 12.1 Å². The van der Waals surface area contributed by atoms with Gasteiger partial charge in [0.15, 0.2) is 0 Å². The Morgan fingerprint density at radius 2 is 1.87 bits per heavy atom. The number of aryl methyl sites for hydroxylation is 1. The number of carboxylic acids is 2. The number of benzene rings is 1. The molecule has 0 bridgehead atoms. The number of carbonyl (C=O) groups is 2. The molecule has 82 valence electrons. The molecule has 0 fully saturated rings. The van der Waals surface area contributed by atoms with Crippen molar-refractivity contribution in [3.63, 3.8) is 0 Å². The van der Waals surface area contributed by atoms with E-state index < -0.39 is 11.9 Å². The van der Waals surface area contributed by atoms with Gasteiger partial charge in [0.1, 0.15) is 0 Å². The van der Waals surface area contributed by atoms with E-state index in [1.807, 2.05) is 13.0 Å². The van der Waals surface area contributed by atoms with E-state index in [2.05, 4.69) is 5.73 Å². The van der Waals surface area contributed by atoms with Crippen LogP contribution in [0.1, 0.15) is 15.9 Å². The topological polar surface area (TPSA) is 101 Å². The third kappa shape index (κ3) is 6.23. The van der Waals surface area contributed by atoms with Crippen LogP contribution in [0.3, 0.4) is 0 Å². The molecule has 1 aromatic carbocycles. The van der Waals surface area contributed by atoms with Crippen LogP contribution in [0.4, 0.5) is 0 Å². The van der Waals surface area contributed by atoms with Gasteiger partial charge in [0, 0.05) is 0 Å². The zero-order valence-electron chi connectivity index (χ0n) is 8.30. The first-order valence-corrected chi connectivity index (χ1v) is 4.19. The molecule has 0 amide bonds. The van der Waals surface area contributed by atoms with Crippen LogP contribution in [-0.4, -0.2) is 28.7 Å². The van der Waals surface area contributed by atoms with Crippen LogP contribution in [0.5, 0.6) is 0 Å². The maximum atomic E-state index is 10.4. The van der Waals surface area contributed by atoms with Crippen molar-refractivity contribution < 1.29 is 19.8 Å². The predicted octanol–water partition coefficient (Wildman–Crippen LogP) is 0.723. The Kier molecular flexibility index (Phi) is 5.73. The molecule has 0 saturated carbocycles. The van der Waals surface area contributed by atoms with Gasteiger partial charge in [-0.25, -0.2) is 4.79 Å². The van der Waals surface area contributed by atoms with Crippen LogP contribution in [0.25, 0.3) is 0 Å². The first-order chi connectivity index (χ1) is 6.97. The van der Waals surface area contributed by atoms with Crippen molar-refractivity contribution in [2.75, 3.05) is 6.54 Å². The highest BCUT2D eigenvalue weighted by atomic mass is 16.4. The molecule has 0 unspecified atom stereocenters. The summed E-state index contributed by atoms with van der Waals surface area (Å²) in [5, 5.41) is 16.1. The normalized spacial score (nSPS) is 8.67. The van der Waals surface area contributed by atoms with Crippen LogP contribution < -0.4 is 5.73 Å². The first kappa shape index (κ1) is 13.1. The van der Waals surface area contributed by atoms with Crippen molar-refractivity contribution in [3.8, 4) is 0 Å². The van der Waals surface area contributed by atoms with Crippen molar-refractivity contribution in [3.05, 3.63) is 35.4 Å². The van der Waals surface area contributed by atoms with E-state index in [9.17, 15) is 9.59 Å². The molecule has 0 radical (unpaired) electrons. The quantitative estimate of drug-likeness (QED) is 0.669. The van der Waals surface area contributed by atoms with Crippen LogP contribution in [0.15, 0.2) is 24.3 Å². The number of aromatic carboxylic acids is 1. The summed E-state index contributed by atoms with van der Waals surface area (Å²) in [6, 6.07) is 6.82. The van der Waals surface area contributed by atoms with Crippen LogP contribution in [0, 0.1) is 6.92 Å². The minimum Gasteiger partial charge on any atom is -0.480 e. The minimum atomic E-state index is -0.968. The fraction of sp³-hybridized carbons (Fsp3) is 0.200. The molecule has 0 aliphatic carbocycles. The molecule has 0 saturated heterocycles. The smallest absolute Gasteiger partial charge is 0.335 e. The van der Waals surface area contributed by atoms with Crippen molar-refractivity contribution in [2.45, 2.75) is 6.92 Å². The first-order valence-electron chi connectivity index (χ1n) is 4.19. The predicted molar refractivity (Wildman–Crippen MR) is 54.8 cm³/mol. The van der Waals surface area contributed by atoms with Gasteiger partial charge >= 0.3 is 11.9 Å². The number of hydrogen-bond acceptors (Lipinski definition) is 3. The van der Waals surface area contributed by atoms with Gasteiger partial charge in [-0.05, 0) is 19.1 Å². The highest BCUT2D eigenvalue weighted by Crippen LogP contribution is 2.02. The molecular weight excluding hydrogens is 198 g/mol. The molecule has 15 heavy (non-hydrogen) atoms. The zero-order valence-corrected chi connectivity index (χ0v) is 8.30. The second-order valence-corrected chi connectivity index (χ2v) is 2.77. The van der Waals surface area contributed by atoms with Gasteiger partial charge < -0.3 is 15.9 Å². The van der Waals surface area contributed by atoms with Gasteiger partial charge in [-0.3, -0.25) is 4.79 Å². The molecule has 0 aliphatic rings. The second kappa shape index (κ2) is 6.56. The lowest BCUT2D eigenvalue weighted by molar-refractivity contribution is -0.135. The van der Waals surface area contributed by atoms with Crippen LogP contribution in [0.2, 0.25) is 0 Å². The average Bonchev–Trinajstić information content (AvgIpc) is 2.18. The van der Waals surface area contributed by atoms with E-state index in [1.54, 1.807) is 18.2 Å². The Hall–Kier alpha value is -1.88. The van der Waals surface area contributed by atoms with Gasteiger partial charge in [-0.1, -0.05) is 17.7 Å². The third-order valence-corrected chi connectivity index (χ3v) is 1.44. The Labute approximate surface area is 87.1 Å². The number of hydrogen-bond donors (Lipinski definition) is 3. The molecular formula is C10H13NO4. The summed E-state index contributed by atoms with van der Waals surface area (Å²) in [4.78, 5) is 19.6. The molecule has 5 nitrogen and oxygen atoms in total. The molecule has 4 N–H and O–H groups in total. The maximum Gasteiger partial charge on any atom is 0.335 e. The Bertz CT molecular complexity index is 349. The molecule has 0 spiro atoms. The summed E-state index contributed by atoms with van der Waals surface area (Å²) in [5.74, 6) is -1.84. The van der Waals surface area contributed by atoms with E-state index in [-0.39, 0.29) is 6.54 Å². The summed E-state index contributed by atoms with van der Waals surface area (Å²) in [7, 11) is 0. The lowest BCUT2D eigenvalue weighted by Gasteiger charge is -1.93. The summed E-state index contributed by atoms with van der Waals surface area (Å²) in [6.07, 6.45) is 0. The summed E-state index contributed by atoms with van der Waals surface area (Å²) < 4.78 is 0. The average molecular weight is 211 g/mol. The molecule has 0 aliphatic heterocycles. The molecule has 1 aromatic rings. The van der Waals surface area contributed by atoms with E-state index in [4.69, 9.17) is 10.2 Å². The third-order valence-electron chi connectivity index (χ3n) is 1.44. The molecule has 0 atom stereocenters. The standard InChI is InChI=1S/C8H8O2.C2H5NO2/c1-6-3-2-4-7(5-6)8(9)10;3-1-2(4)5/h2-5H,1H3,(H,9,10);1,3H2,(H,4,5). The monoisotopic (exact) mass is 211 g/mol. The van der Waals surface area contributed by atoms with Crippen molar-refractivity contribution in [1.29, 1.82) is 0 Å². The SMILES string of the molecule is Cc1cccc(C(=O)O)c1.NCC(=O)O. The number of aliphatic carboxylic acids is 1. The summed E-state index contributed by atoms with van der Waals surface area (Å²) in [6.45, 7) is 1.59. The maximum absolute atomic E-state index is 10.4. The Morgan fingerprint density at radius 1 is 1.33 bits per heavy atom. The molecule has 5 heteroatoms. The highest BCUT2D eigenvalue weighted by molar-refractivity contribution is 5.87. The Balaban J connectivity index is 0.000000336. The number of rotatable bonds is 2. The van der Waals surface area contributed by atoms with Crippen molar-refractivity contribution in [1.82, 2.24) is 0 Å². The van der Waals surface area contributed by atoms with Gasteiger partial charge in [-0.15, -0.1) is 0 Å². The number of carboxylic acid groups (broad SMARTS) is 2. The van der Waals surface area contributed by atoms with E-state index in [0.717, 1.165) is 5.56 Å². The van der Waals surface area contributed by atoms with E-state index >= 15 is 0 Å². The van der Waals surface area contributed by atoms with Gasteiger partial charge in [-0.2, -0.15) is 0 Å². The molecule has 0 aromatic heterocycles. The summed E-state index contributed by atoms with van der Waals surface area (Å²) >= 11 is 0. The fourth-order valence-electron chi connectivity index (χ4n) is 0.778. The Morgan fingerprint density at radius 3 is 2.13 bits per heavy atom. The minimum absolute atomic E-state index is 0.278. The van der Waals surface area contributed by atoms with E-state index in [0.29, 0.717) is 5.56 Å². The second-order valence-electron chi connectivity index (χ2n) is 2.77. The van der Waals surface area contributed by atoms with Crippen molar-refractivity contribution in [2.24, 2.45) is 5.73 Å². The number of nitrogens with two attached hydrogens (primary N) is 1. The van der Waals surface area contributed by atoms with Crippen molar-refractivity contribution >= 4 is 11.9 Å². The molecule has 1 rings (SSSR count). The van der Waals surface area contributed by atoms with Crippen LogP contribution >= 0.6 is 0 Å². The van der Waals surface area contributed by atoms with Crippen LogP contribution in [-0.2, 0) is 4.79 Å². The molecule has 0 heterocycles. The highest BCUT2D eigenvalue weighted by Gasteiger charge is 1.99. The lowest BCUT2D eigenvalue weighted by Crippen LogP contribution is -2.10. The largest absolute Gasteiger partial charge is 0.480 e. The van der Waals surface area contributed by atoms with Gasteiger partial charge in [0.25, 0.3) is 0 Å². The zero-order chi connectivity index (χ0) is 11.8. The fourth-order valence-corrected chi connectivity index (χ4v) is 0.778. The lowest BCUT2D eigenvalue weighted by atomic mass is 10.1. The van der Waals surface area contributed by atoms with Gasteiger partial charge in [0.2, 0.25) is 0 Å².